The predicted octanol–water partition coefficient (Wildman–Crippen LogP) is 3.60. The number of nitrogens with zero attached hydrogens (tertiary/aromatic N) is 1. The maximum Gasteiger partial charge on any atom is 0.407 e. The number of carbonyl (C=O) groups is 1. The van der Waals surface area contributed by atoms with Crippen LogP contribution in [0.1, 0.15) is 66.1 Å². The predicted molar refractivity (Wildman–Crippen MR) is 93.0 cm³/mol. The standard InChI is InChI=1S/C18H30N2O4/c1-7-8-14(20-17(22)24-18(4,5)6)16(21)13-11-19-10-9-15(13)23-12(2)3/h9-12,14,16,21H,7-8H2,1-6H3,(H,20,22)/t14-,16?/m0/s1. The Morgan fingerprint density at radius 1 is 1.38 bits per heavy atom. The maximum absolute atomic E-state index is 12.1. The van der Waals surface area contributed by atoms with Crippen molar-refractivity contribution in [3.63, 3.8) is 0 Å². The molecule has 1 unspecified atom stereocenters. The van der Waals surface area contributed by atoms with Crippen LogP contribution in [0.15, 0.2) is 18.5 Å². The number of ether oxygens (including phenoxy) is 2. The molecule has 0 aromatic carbocycles. The minimum atomic E-state index is -0.931. The molecule has 0 spiro atoms. The minimum absolute atomic E-state index is 0.0261. The second-order valence-corrected chi connectivity index (χ2v) is 7.07. The third-order valence-electron chi connectivity index (χ3n) is 3.17. The number of aliphatic hydroxyl groups is 1. The Balaban J connectivity index is 2.94. The van der Waals surface area contributed by atoms with E-state index in [1.807, 2.05) is 20.8 Å². The van der Waals surface area contributed by atoms with E-state index >= 15 is 0 Å². The number of carbonyl (C=O) groups excluding carboxylic acids is 1. The lowest BCUT2D eigenvalue weighted by Gasteiger charge is -2.27. The van der Waals surface area contributed by atoms with Gasteiger partial charge in [0.1, 0.15) is 17.5 Å². The van der Waals surface area contributed by atoms with Crippen molar-refractivity contribution < 1.29 is 19.4 Å². The van der Waals surface area contributed by atoms with Gasteiger partial charge < -0.3 is 19.9 Å². The molecule has 1 amide bonds. The Hall–Kier alpha value is -1.82. The van der Waals surface area contributed by atoms with Gasteiger partial charge in [-0.2, -0.15) is 0 Å². The van der Waals surface area contributed by atoms with Crippen molar-refractivity contribution in [3.8, 4) is 5.75 Å². The zero-order valence-corrected chi connectivity index (χ0v) is 15.5. The number of nitrogens with one attached hydrogen (secondary N) is 1. The van der Waals surface area contributed by atoms with Crippen molar-refractivity contribution in [1.82, 2.24) is 10.3 Å². The summed E-state index contributed by atoms with van der Waals surface area (Å²) in [5, 5.41) is 13.5. The Kier molecular flexibility index (Phi) is 7.48. The van der Waals surface area contributed by atoms with Crippen LogP contribution in [0.3, 0.4) is 0 Å². The molecule has 0 aliphatic carbocycles. The molecule has 0 bridgehead atoms. The molecule has 0 aliphatic rings. The van der Waals surface area contributed by atoms with Crippen molar-refractivity contribution in [2.24, 2.45) is 0 Å². The number of aliphatic hydroxyl groups excluding tert-OH is 1. The van der Waals surface area contributed by atoms with Gasteiger partial charge in [-0.15, -0.1) is 0 Å². The van der Waals surface area contributed by atoms with Crippen LogP contribution < -0.4 is 10.1 Å². The van der Waals surface area contributed by atoms with Crippen LogP contribution in [0.25, 0.3) is 0 Å². The molecule has 0 fully saturated rings. The fraction of sp³-hybridized carbons (Fsp3) is 0.667. The van der Waals surface area contributed by atoms with E-state index in [0.717, 1.165) is 6.42 Å². The van der Waals surface area contributed by atoms with Crippen LogP contribution in [-0.4, -0.2) is 33.9 Å². The average Bonchev–Trinajstić information content (AvgIpc) is 2.44. The second-order valence-electron chi connectivity index (χ2n) is 7.07. The van der Waals surface area contributed by atoms with Gasteiger partial charge in [-0.05, 0) is 47.1 Å². The van der Waals surface area contributed by atoms with E-state index in [4.69, 9.17) is 9.47 Å². The first kappa shape index (κ1) is 20.2. The highest BCUT2D eigenvalue weighted by Gasteiger charge is 2.27. The monoisotopic (exact) mass is 338 g/mol. The summed E-state index contributed by atoms with van der Waals surface area (Å²) < 4.78 is 11.0. The second kappa shape index (κ2) is 8.87. The van der Waals surface area contributed by atoms with Crippen molar-refractivity contribution in [3.05, 3.63) is 24.0 Å². The van der Waals surface area contributed by atoms with Crippen LogP contribution >= 0.6 is 0 Å². The van der Waals surface area contributed by atoms with Crippen LogP contribution in [-0.2, 0) is 4.74 Å². The van der Waals surface area contributed by atoms with E-state index in [1.54, 1.807) is 39.2 Å². The summed E-state index contributed by atoms with van der Waals surface area (Å²) in [6, 6.07) is 1.23. The molecule has 6 heteroatoms. The Bertz CT molecular complexity index is 526. The quantitative estimate of drug-likeness (QED) is 0.794. The summed E-state index contributed by atoms with van der Waals surface area (Å²) in [6.45, 7) is 11.2. The molecule has 24 heavy (non-hydrogen) atoms. The zero-order chi connectivity index (χ0) is 18.3. The molecule has 2 N–H and O–H groups in total. The van der Waals surface area contributed by atoms with E-state index in [1.165, 1.54) is 0 Å². The lowest BCUT2D eigenvalue weighted by Crippen LogP contribution is -2.42. The van der Waals surface area contributed by atoms with E-state index in [-0.39, 0.29) is 6.10 Å². The van der Waals surface area contributed by atoms with Crippen LogP contribution in [0.4, 0.5) is 4.79 Å². The van der Waals surface area contributed by atoms with Crippen molar-refractivity contribution >= 4 is 6.09 Å². The average molecular weight is 338 g/mol. The van der Waals surface area contributed by atoms with Gasteiger partial charge in [0, 0.05) is 18.0 Å². The van der Waals surface area contributed by atoms with Crippen LogP contribution in [0.5, 0.6) is 5.75 Å². The highest BCUT2D eigenvalue weighted by molar-refractivity contribution is 5.68. The van der Waals surface area contributed by atoms with Gasteiger partial charge in [0.25, 0.3) is 0 Å². The summed E-state index contributed by atoms with van der Waals surface area (Å²) in [5.74, 6) is 0.569. The summed E-state index contributed by atoms with van der Waals surface area (Å²) in [5.41, 5.74) is -0.0350. The molecule has 1 heterocycles. The van der Waals surface area contributed by atoms with Crippen LogP contribution in [0, 0.1) is 0 Å². The van der Waals surface area contributed by atoms with Gasteiger partial charge in [-0.3, -0.25) is 4.98 Å². The van der Waals surface area contributed by atoms with Crippen molar-refractivity contribution in [1.29, 1.82) is 0 Å². The molecule has 1 aromatic rings. The van der Waals surface area contributed by atoms with Gasteiger partial charge in [0.15, 0.2) is 0 Å². The summed E-state index contributed by atoms with van der Waals surface area (Å²) in [7, 11) is 0. The molecule has 6 nitrogen and oxygen atoms in total. The van der Waals surface area contributed by atoms with E-state index in [0.29, 0.717) is 17.7 Å². The summed E-state index contributed by atoms with van der Waals surface area (Å²) in [4.78, 5) is 16.1. The fourth-order valence-electron chi connectivity index (χ4n) is 2.27. The molecular weight excluding hydrogens is 308 g/mol. The smallest absolute Gasteiger partial charge is 0.407 e. The van der Waals surface area contributed by atoms with E-state index in [9.17, 15) is 9.90 Å². The normalized spacial score (nSPS) is 14.2. The summed E-state index contributed by atoms with van der Waals surface area (Å²) in [6.07, 6.45) is 3.09. The molecule has 1 rings (SSSR count). The third kappa shape index (κ3) is 6.74. The van der Waals surface area contributed by atoms with Crippen molar-refractivity contribution in [2.45, 2.75) is 78.2 Å². The number of aromatic nitrogens is 1. The van der Waals surface area contributed by atoms with Gasteiger partial charge in [-0.1, -0.05) is 13.3 Å². The number of amides is 1. The molecule has 0 saturated carbocycles. The number of hydrogen-bond acceptors (Lipinski definition) is 5. The largest absolute Gasteiger partial charge is 0.491 e. The molecular formula is C18H30N2O4. The Labute approximate surface area is 144 Å². The van der Waals surface area contributed by atoms with Gasteiger partial charge >= 0.3 is 6.09 Å². The number of pyridine rings is 1. The van der Waals surface area contributed by atoms with E-state index < -0.39 is 23.8 Å². The summed E-state index contributed by atoms with van der Waals surface area (Å²) >= 11 is 0. The highest BCUT2D eigenvalue weighted by Crippen LogP contribution is 2.29. The third-order valence-corrected chi connectivity index (χ3v) is 3.17. The lowest BCUT2D eigenvalue weighted by molar-refractivity contribution is 0.0407. The number of hydrogen-bond donors (Lipinski definition) is 2. The fourth-order valence-corrected chi connectivity index (χ4v) is 2.27. The SMILES string of the molecule is CCC[C@H](NC(=O)OC(C)(C)C)C(O)c1cnccc1OC(C)C. The minimum Gasteiger partial charge on any atom is -0.491 e. The lowest BCUT2D eigenvalue weighted by atomic mass is 9.99. The van der Waals surface area contributed by atoms with Gasteiger partial charge in [0.05, 0.1) is 12.1 Å². The molecule has 0 aliphatic heterocycles. The molecule has 0 saturated heterocycles. The van der Waals surface area contributed by atoms with Gasteiger partial charge in [0.2, 0.25) is 0 Å². The maximum atomic E-state index is 12.1. The van der Waals surface area contributed by atoms with Gasteiger partial charge in [-0.25, -0.2) is 4.79 Å². The first-order chi connectivity index (χ1) is 11.1. The molecule has 2 atom stereocenters. The first-order valence-corrected chi connectivity index (χ1v) is 8.42. The van der Waals surface area contributed by atoms with Crippen molar-refractivity contribution in [2.75, 3.05) is 0 Å². The number of rotatable bonds is 7. The Morgan fingerprint density at radius 2 is 2.04 bits per heavy atom. The first-order valence-electron chi connectivity index (χ1n) is 8.42. The zero-order valence-electron chi connectivity index (χ0n) is 15.5. The van der Waals surface area contributed by atoms with Crippen LogP contribution in [0.2, 0.25) is 0 Å². The van der Waals surface area contributed by atoms with E-state index in [2.05, 4.69) is 10.3 Å². The number of alkyl carbamates (subject to hydrolysis) is 1. The Morgan fingerprint density at radius 3 is 2.58 bits per heavy atom. The molecule has 0 radical (unpaired) electrons. The highest BCUT2D eigenvalue weighted by atomic mass is 16.6. The molecule has 1 aromatic heterocycles. The topological polar surface area (TPSA) is 80.7 Å². The molecule has 136 valence electrons.